The average molecular weight is 323 g/mol. The van der Waals surface area contributed by atoms with E-state index in [9.17, 15) is 13.2 Å². The Kier molecular flexibility index (Phi) is 5.33. The van der Waals surface area contributed by atoms with Crippen LogP contribution in [-0.4, -0.2) is 26.5 Å². The van der Waals surface area contributed by atoms with Gasteiger partial charge in [0.25, 0.3) is 15.8 Å². The first-order valence-corrected chi connectivity index (χ1v) is 8.76. The van der Waals surface area contributed by atoms with Crippen LogP contribution in [0.3, 0.4) is 0 Å². The summed E-state index contributed by atoms with van der Waals surface area (Å²) in [7, 11) is -3.49. The van der Waals surface area contributed by atoms with Gasteiger partial charge in [-0.3, -0.25) is 4.79 Å². The number of hydrogen-bond donors (Lipinski definition) is 3. The highest BCUT2D eigenvalue weighted by Gasteiger charge is 2.09. The summed E-state index contributed by atoms with van der Waals surface area (Å²) in [6.07, 6.45) is 1.07. The Hall–Kier alpha value is -1.70. The number of H-pyrrole nitrogens is 1. The molecular formula is C15H21N3O3S. The molecule has 0 aliphatic carbocycles. The van der Waals surface area contributed by atoms with Crippen molar-refractivity contribution in [3.8, 4) is 0 Å². The van der Waals surface area contributed by atoms with Crippen LogP contribution in [0, 0.1) is 6.92 Å². The van der Waals surface area contributed by atoms with Crippen molar-refractivity contribution in [1.29, 1.82) is 0 Å². The van der Waals surface area contributed by atoms with E-state index in [2.05, 4.69) is 14.4 Å². The van der Waals surface area contributed by atoms with Gasteiger partial charge in [0.05, 0.1) is 0 Å². The maximum absolute atomic E-state index is 12.0. The largest absolute Gasteiger partial charge is 0.322 e. The van der Waals surface area contributed by atoms with Gasteiger partial charge in [0.15, 0.2) is 0 Å². The van der Waals surface area contributed by atoms with E-state index in [1.54, 1.807) is 6.07 Å². The number of fused-ring (bicyclic) bond motifs is 1. The second kappa shape index (κ2) is 7.04. The van der Waals surface area contributed by atoms with E-state index >= 15 is 0 Å². The van der Waals surface area contributed by atoms with Gasteiger partial charge in [0.2, 0.25) is 0 Å². The fourth-order valence-corrected chi connectivity index (χ4v) is 3.10. The molecule has 0 saturated carbocycles. The van der Waals surface area contributed by atoms with Crippen LogP contribution in [0.2, 0.25) is 0 Å². The number of rotatable bonds is 7. The highest BCUT2D eigenvalue weighted by Crippen LogP contribution is 2.13. The normalized spacial score (nSPS) is 11.9. The van der Waals surface area contributed by atoms with Gasteiger partial charge < -0.3 is 4.98 Å². The molecule has 3 N–H and O–H groups in total. The molecule has 0 unspecified atom stereocenters. The van der Waals surface area contributed by atoms with Gasteiger partial charge in [0.1, 0.15) is 0 Å². The van der Waals surface area contributed by atoms with Crippen LogP contribution in [0.1, 0.15) is 24.5 Å². The Labute approximate surface area is 130 Å². The molecular weight excluding hydrogens is 302 g/mol. The summed E-state index contributed by atoms with van der Waals surface area (Å²) in [6.45, 7) is 4.42. The summed E-state index contributed by atoms with van der Waals surface area (Å²) in [4.78, 5) is 14.9. The van der Waals surface area contributed by atoms with Crippen LogP contribution < -0.4 is 15.0 Å². The summed E-state index contributed by atoms with van der Waals surface area (Å²) >= 11 is 0. The standard InChI is InChI=1S/C15H21N3O3S/c1-3-7-16-22(20,21)17-8-6-13-10-12-5-4-11(2)9-14(12)18-15(13)19/h4-5,9-10,16-17H,3,6-8H2,1-2H3,(H,18,19). The number of hydrogen-bond acceptors (Lipinski definition) is 3. The smallest absolute Gasteiger partial charge is 0.276 e. The highest BCUT2D eigenvalue weighted by atomic mass is 32.2. The van der Waals surface area contributed by atoms with E-state index in [-0.39, 0.29) is 12.1 Å². The van der Waals surface area contributed by atoms with E-state index in [1.165, 1.54) is 0 Å². The van der Waals surface area contributed by atoms with Gasteiger partial charge in [0, 0.05) is 24.2 Å². The molecule has 6 nitrogen and oxygen atoms in total. The predicted molar refractivity (Wildman–Crippen MR) is 88.2 cm³/mol. The molecule has 0 saturated heterocycles. The highest BCUT2D eigenvalue weighted by molar-refractivity contribution is 7.87. The Morgan fingerprint density at radius 3 is 2.59 bits per heavy atom. The maximum atomic E-state index is 12.0. The zero-order valence-electron chi connectivity index (χ0n) is 12.8. The Morgan fingerprint density at radius 2 is 1.86 bits per heavy atom. The molecule has 120 valence electrons. The molecule has 0 atom stereocenters. The molecule has 1 aromatic heterocycles. The monoisotopic (exact) mass is 323 g/mol. The minimum absolute atomic E-state index is 0.180. The minimum Gasteiger partial charge on any atom is -0.322 e. The molecule has 0 aliphatic heterocycles. The van der Waals surface area contributed by atoms with Crippen LogP contribution in [0.25, 0.3) is 10.9 Å². The molecule has 0 bridgehead atoms. The number of benzene rings is 1. The summed E-state index contributed by atoms with van der Waals surface area (Å²) in [5, 5.41) is 0.937. The van der Waals surface area contributed by atoms with Crippen LogP contribution >= 0.6 is 0 Å². The van der Waals surface area contributed by atoms with Crippen LogP contribution in [-0.2, 0) is 16.6 Å². The number of aromatic amines is 1. The average Bonchev–Trinajstić information content (AvgIpc) is 2.46. The predicted octanol–water partition coefficient (Wildman–Crippen LogP) is 1.21. The number of nitrogens with one attached hydrogen (secondary N) is 3. The zero-order chi connectivity index (χ0) is 16.2. The second-order valence-electron chi connectivity index (χ2n) is 5.26. The van der Waals surface area contributed by atoms with Crippen molar-refractivity contribution in [2.24, 2.45) is 0 Å². The van der Waals surface area contributed by atoms with Crippen molar-refractivity contribution >= 4 is 21.1 Å². The fraction of sp³-hybridized carbons (Fsp3) is 0.400. The number of pyridine rings is 1. The first-order chi connectivity index (χ1) is 10.4. The summed E-state index contributed by atoms with van der Waals surface area (Å²) in [5.74, 6) is 0. The minimum atomic E-state index is -3.49. The van der Waals surface area contributed by atoms with Crippen molar-refractivity contribution in [2.75, 3.05) is 13.1 Å². The van der Waals surface area contributed by atoms with E-state index in [1.807, 2.05) is 32.0 Å². The lowest BCUT2D eigenvalue weighted by Gasteiger charge is -2.08. The van der Waals surface area contributed by atoms with Gasteiger partial charge in [-0.25, -0.2) is 9.44 Å². The van der Waals surface area contributed by atoms with Crippen LogP contribution in [0.4, 0.5) is 0 Å². The Bertz CT molecular complexity index is 812. The van der Waals surface area contributed by atoms with E-state index in [0.717, 1.165) is 22.9 Å². The molecule has 0 spiro atoms. The third-order valence-corrected chi connectivity index (χ3v) is 4.48. The lowest BCUT2D eigenvalue weighted by atomic mass is 10.1. The van der Waals surface area contributed by atoms with Crippen molar-refractivity contribution in [3.63, 3.8) is 0 Å². The van der Waals surface area contributed by atoms with Gasteiger partial charge in [-0.15, -0.1) is 0 Å². The first kappa shape index (κ1) is 16.7. The third kappa shape index (κ3) is 4.40. The SMILES string of the molecule is CCCNS(=O)(=O)NCCc1cc2ccc(C)cc2[nH]c1=O. The second-order valence-corrected chi connectivity index (χ2v) is 6.84. The third-order valence-electron chi connectivity index (χ3n) is 3.31. The van der Waals surface area contributed by atoms with Gasteiger partial charge in [-0.2, -0.15) is 8.42 Å². The number of aryl methyl sites for hydroxylation is 1. The van der Waals surface area contributed by atoms with Crippen molar-refractivity contribution < 1.29 is 8.42 Å². The topological polar surface area (TPSA) is 91.1 Å². The fourth-order valence-electron chi connectivity index (χ4n) is 2.15. The Morgan fingerprint density at radius 1 is 1.14 bits per heavy atom. The van der Waals surface area contributed by atoms with Gasteiger partial charge >= 0.3 is 0 Å². The molecule has 0 fully saturated rings. The maximum Gasteiger partial charge on any atom is 0.276 e. The molecule has 7 heteroatoms. The number of aromatic nitrogens is 1. The van der Waals surface area contributed by atoms with Crippen LogP contribution in [0.15, 0.2) is 29.1 Å². The first-order valence-electron chi connectivity index (χ1n) is 7.28. The zero-order valence-corrected chi connectivity index (χ0v) is 13.6. The van der Waals surface area contributed by atoms with Gasteiger partial charge in [-0.1, -0.05) is 19.1 Å². The molecule has 0 amide bonds. The lowest BCUT2D eigenvalue weighted by molar-refractivity contribution is 0.565. The Balaban J connectivity index is 2.07. The van der Waals surface area contributed by atoms with Crippen LogP contribution in [0.5, 0.6) is 0 Å². The molecule has 0 aliphatic rings. The summed E-state index contributed by atoms with van der Waals surface area (Å²) < 4.78 is 28.1. The van der Waals surface area contributed by atoms with E-state index in [4.69, 9.17) is 0 Å². The van der Waals surface area contributed by atoms with Crippen molar-refractivity contribution in [3.05, 3.63) is 45.7 Å². The van der Waals surface area contributed by atoms with Gasteiger partial charge in [-0.05, 0) is 42.8 Å². The quantitative estimate of drug-likeness (QED) is 0.715. The molecule has 2 rings (SSSR count). The molecule has 1 heterocycles. The summed E-state index contributed by atoms with van der Waals surface area (Å²) in [6, 6.07) is 7.64. The van der Waals surface area contributed by atoms with E-state index < -0.39 is 10.2 Å². The van der Waals surface area contributed by atoms with Crippen molar-refractivity contribution in [2.45, 2.75) is 26.7 Å². The molecule has 1 aromatic carbocycles. The molecule has 22 heavy (non-hydrogen) atoms. The lowest BCUT2D eigenvalue weighted by Crippen LogP contribution is -2.38. The summed E-state index contributed by atoms with van der Waals surface area (Å²) in [5.41, 5.74) is 2.25. The molecule has 2 aromatic rings. The van der Waals surface area contributed by atoms with E-state index in [0.29, 0.717) is 18.5 Å². The molecule has 0 radical (unpaired) electrons. The van der Waals surface area contributed by atoms with Crippen molar-refractivity contribution in [1.82, 2.24) is 14.4 Å².